The van der Waals surface area contributed by atoms with Crippen LogP contribution in [-0.4, -0.2) is 15.0 Å². The fourth-order valence-corrected chi connectivity index (χ4v) is 4.77. The molecule has 0 aliphatic heterocycles. The van der Waals surface area contributed by atoms with Crippen molar-refractivity contribution < 1.29 is 21.6 Å². The summed E-state index contributed by atoms with van der Waals surface area (Å²) in [7, 11) is -3.98. The van der Waals surface area contributed by atoms with Gasteiger partial charge in [0.25, 0.3) is 10.0 Å². The molecule has 0 heterocycles. The van der Waals surface area contributed by atoms with Gasteiger partial charge in [-0.1, -0.05) is 29.8 Å². The van der Waals surface area contributed by atoms with Crippen LogP contribution in [0.25, 0.3) is 0 Å². The van der Waals surface area contributed by atoms with Gasteiger partial charge < -0.3 is 0 Å². The normalized spacial score (nSPS) is 15.2. The second-order valence-electron chi connectivity index (χ2n) is 6.79. The average Bonchev–Trinajstić information content (AvgIpc) is 2.69. The summed E-state index contributed by atoms with van der Waals surface area (Å²) in [4.78, 5) is -0.151. The molecule has 28 heavy (non-hydrogen) atoms. The number of sulfonamides is 1. The molecule has 0 unspecified atom stereocenters. The van der Waals surface area contributed by atoms with Gasteiger partial charge in [-0.3, -0.25) is 4.31 Å². The quantitative estimate of drug-likeness (QED) is 0.566. The summed E-state index contributed by atoms with van der Waals surface area (Å²) in [5, 5.41) is 0. The van der Waals surface area contributed by atoms with Crippen LogP contribution >= 0.6 is 0 Å². The van der Waals surface area contributed by atoms with E-state index >= 15 is 0 Å². The standard InChI is InChI=1S/C21H22F3NO2S/c22-21(23,24)18-11-13-20(14-12-18)28(26,27)25(19-9-5-2-6-10-19)16-15-17-7-3-1-4-8-17/h2,5-7,9-14H,1,3-4,8,15-16H2. The second-order valence-corrected chi connectivity index (χ2v) is 8.66. The van der Waals surface area contributed by atoms with E-state index in [0.29, 0.717) is 12.1 Å². The lowest BCUT2D eigenvalue weighted by Gasteiger charge is -2.26. The van der Waals surface area contributed by atoms with Crippen LogP contribution < -0.4 is 4.31 Å². The lowest BCUT2D eigenvalue weighted by molar-refractivity contribution is -0.137. The molecule has 0 amide bonds. The third-order valence-corrected chi connectivity index (χ3v) is 6.68. The number of anilines is 1. The fourth-order valence-electron chi connectivity index (χ4n) is 3.30. The summed E-state index contributed by atoms with van der Waals surface area (Å²) in [6.07, 6.45) is 2.48. The molecule has 1 aliphatic carbocycles. The minimum absolute atomic E-state index is 0.151. The van der Waals surface area contributed by atoms with E-state index in [1.54, 1.807) is 30.3 Å². The van der Waals surface area contributed by atoms with Crippen molar-refractivity contribution in [1.82, 2.24) is 0 Å². The molecule has 0 radical (unpaired) electrons. The van der Waals surface area contributed by atoms with Crippen molar-refractivity contribution in [2.75, 3.05) is 10.8 Å². The Morgan fingerprint density at radius 1 is 0.929 bits per heavy atom. The largest absolute Gasteiger partial charge is 0.416 e. The van der Waals surface area contributed by atoms with Gasteiger partial charge in [-0.15, -0.1) is 0 Å². The Kier molecular flexibility index (Phi) is 6.13. The molecule has 150 valence electrons. The van der Waals surface area contributed by atoms with Crippen LogP contribution in [0.1, 0.15) is 37.7 Å². The summed E-state index contributed by atoms with van der Waals surface area (Å²) in [5.74, 6) is 0. The lowest BCUT2D eigenvalue weighted by atomic mass is 9.97. The molecule has 1 aliphatic rings. The molecule has 2 aromatic carbocycles. The molecule has 0 saturated carbocycles. The smallest absolute Gasteiger partial charge is 0.266 e. The zero-order valence-electron chi connectivity index (χ0n) is 15.3. The molecule has 0 aromatic heterocycles. The Morgan fingerprint density at radius 2 is 1.61 bits per heavy atom. The molecular formula is C21H22F3NO2S. The van der Waals surface area contributed by atoms with Crippen molar-refractivity contribution in [2.24, 2.45) is 0 Å². The maximum Gasteiger partial charge on any atom is 0.416 e. The third kappa shape index (κ3) is 4.76. The Morgan fingerprint density at radius 3 is 2.18 bits per heavy atom. The van der Waals surface area contributed by atoms with Crippen molar-refractivity contribution in [3.8, 4) is 0 Å². The molecule has 0 fully saturated rings. The predicted molar refractivity (Wildman–Crippen MR) is 104 cm³/mol. The van der Waals surface area contributed by atoms with E-state index < -0.39 is 21.8 Å². The van der Waals surface area contributed by atoms with Crippen LogP contribution in [0.5, 0.6) is 0 Å². The summed E-state index contributed by atoms with van der Waals surface area (Å²) >= 11 is 0. The van der Waals surface area contributed by atoms with Gasteiger partial charge in [0.05, 0.1) is 16.1 Å². The minimum atomic E-state index is -4.51. The number of hydrogen-bond donors (Lipinski definition) is 0. The highest BCUT2D eigenvalue weighted by atomic mass is 32.2. The van der Waals surface area contributed by atoms with E-state index in [4.69, 9.17) is 0 Å². The van der Waals surface area contributed by atoms with Crippen molar-refractivity contribution >= 4 is 15.7 Å². The number of allylic oxidation sites excluding steroid dienone is 1. The van der Waals surface area contributed by atoms with E-state index in [0.717, 1.165) is 49.9 Å². The maximum absolute atomic E-state index is 13.2. The monoisotopic (exact) mass is 409 g/mol. The van der Waals surface area contributed by atoms with Crippen molar-refractivity contribution in [3.05, 3.63) is 71.8 Å². The molecule has 2 aromatic rings. The summed E-state index contributed by atoms with van der Waals surface area (Å²) in [5.41, 5.74) is 0.860. The van der Waals surface area contributed by atoms with E-state index in [9.17, 15) is 21.6 Å². The van der Waals surface area contributed by atoms with Crippen LogP contribution in [0.15, 0.2) is 71.1 Å². The third-order valence-electron chi connectivity index (χ3n) is 4.83. The first-order valence-corrected chi connectivity index (χ1v) is 10.7. The molecule has 3 nitrogen and oxygen atoms in total. The highest BCUT2D eigenvalue weighted by molar-refractivity contribution is 7.92. The second kappa shape index (κ2) is 8.39. The Hall–Kier alpha value is -2.28. The van der Waals surface area contributed by atoms with E-state index in [1.165, 1.54) is 9.88 Å². The number of alkyl halides is 3. The predicted octanol–water partition coefficient (Wildman–Crippen LogP) is 5.79. The number of para-hydroxylation sites is 1. The van der Waals surface area contributed by atoms with Gasteiger partial charge in [-0.05, 0) is 68.5 Å². The van der Waals surface area contributed by atoms with Gasteiger partial charge in [0.2, 0.25) is 0 Å². The van der Waals surface area contributed by atoms with Crippen LogP contribution in [0.3, 0.4) is 0 Å². The first kappa shape index (κ1) is 20.5. The number of nitrogens with zero attached hydrogens (tertiary/aromatic N) is 1. The minimum Gasteiger partial charge on any atom is -0.266 e. The van der Waals surface area contributed by atoms with Gasteiger partial charge in [0, 0.05) is 6.54 Å². The van der Waals surface area contributed by atoms with Gasteiger partial charge in [-0.2, -0.15) is 13.2 Å². The number of benzene rings is 2. The Bertz CT molecular complexity index is 920. The summed E-state index contributed by atoms with van der Waals surface area (Å²) in [6, 6.07) is 12.3. The van der Waals surface area contributed by atoms with Crippen LogP contribution in [0.4, 0.5) is 18.9 Å². The molecule has 0 spiro atoms. The van der Waals surface area contributed by atoms with Crippen molar-refractivity contribution in [2.45, 2.75) is 43.2 Å². The van der Waals surface area contributed by atoms with Gasteiger partial charge in [0.15, 0.2) is 0 Å². The fraction of sp³-hybridized carbons (Fsp3) is 0.333. The topological polar surface area (TPSA) is 37.4 Å². The number of rotatable bonds is 6. The van der Waals surface area contributed by atoms with Crippen LogP contribution in [0, 0.1) is 0 Å². The van der Waals surface area contributed by atoms with Gasteiger partial charge in [-0.25, -0.2) is 8.42 Å². The maximum atomic E-state index is 13.2. The summed E-state index contributed by atoms with van der Waals surface area (Å²) in [6.45, 7) is 0.249. The molecule has 0 atom stereocenters. The molecule has 0 saturated heterocycles. The number of hydrogen-bond acceptors (Lipinski definition) is 2. The zero-order chi connectivity index (χ0) is 20.2. The Labute approximate surface area is 163 Å². The van der Waals surface area contributed by atoms with E-state index in [1.807, 2.05) is 0 Å². The zero-order valence-corrected chi connectivity index (χ0v) is 16.1. The molecule has 7 heteroatoms. The lowest BCUT2D eigenvalue weighted by Crippen LogP contribution is -2.32. The molecular weight excluding hydrogens is 387 g/mol. The van der Waals surface area contributed by atoms with Gasteiger partial charge >= 0.3 is 6.18 Å². The van der Waals surface area contributed by atoms with Crippen molar-refractivity contribution in [1.29, 1.82) is 0 Å². The highest BCUT2D eigenvalue weighted by Gasteiger charge is 2.31. The van der Waals surface area contributed by atoms with Crippen molar-refractivity contribution in [3.63, 3.8) is 0 Å². The summed E-state index contributed by atoms with van der Waals surface area (Å²) < 4.78 is 66.1. The molecule has 0 bridgehead atoms. The molecule has 3 rings (SSSR count). The first-order valence-electron chi connectivity index (χ1n) is 9.21. The molecule has 0 N–H and O–H groups in total. The number of halogens is 3. The first-order chi connectivity index (χ1) is 13.3. The SMILES string of the molecule is O=S(=O)(c1ccc(C(F)(F)F)cc1)N(CCC1=CCCCC1)c1ccccc1. The Balaban J connectivity index is 1.90. The van der Waals surface area contributed by atoms with Gasteiger partial charge in [0.1, 0.15) is 0 Å². The van der Waals surface area contributed by atoms with Crippen LogP contribution in [0.2, 0.25) is 0 Å². The van der Waals surface area contributed by atoms with Crippen LogP contribution in [-0.2, 0) is 16.2 Å². The average molecular weight is 409 g/mol. The van der Waals surface area contributed by atoms with E-state index in [2.05, 4.69) is 6.08 Å². The van der Waals surface area contributed by atoms with E-state index in [-0.39, 0.29) is 11.4 Å². The highest BCUT2D eigenvalue weighted by Crippen LogP contribution is 2.31.